The summed E-state index contributed by atoms with van der Waals surface area (Å²) in [5.41, 5.74) is 0. The third-order valence-electron chi connectivity index (χ3n) is 6.00. The molecule has 0 N–H and O–H groups in total. The summed E-state index contributed by atoms with van der Waals surface area (Å²) in [6.45, 7) is 4.45. The largest absolute Gasteiger partial charge is 1.00 e. The van der Waals surface area contributed by atoms with Crippen LogP contribution in [0, 0.1) is 0 Å². The maximum atomic E-state index is 10.4. The van der Waals surface area contributed by atoms with Gasteiger partial charge >= 0.3 is 103 Å². The van der Waals surface area contributed by atoms with Gasteiger partial charge in [0.25, 0.3) is 0 Å². The second kappa shape index (κ2) is 34.3. The summed E-state index contributed by atoms with van der Waals surface area (Å²) in [5, 5.41) is 0. The van der Waals surface area contributed by atoms with Crippen LogP contribution in [0.1, 0.15) is 155 Å². The molecular weight excluding hydrogens is 551 g/mol. The monoisotopic (exact) mass is 604 g/mol. The smallest absolute Gasteiger partial charge is 0.748 e. The standard InChI is InChI=1S/C14H30O3S.C12H26O3S.2K/c1-2-3-4-5-6-7-8-9-10-11-12-13-14-18(15,16)17;1-2-3-4-5-6-7-8-9-10-11-12-16(13,14)15;;/h2-14H2,1H3,(H,15,16,17);2-12H2,1H3,(H,13,14,15);;/q;;2*+1/p-2. The van der Waals surface area contributed by atoms with E-state index in [9.17, 15) is 25.9 Å². The molecule has 0 unspecified atom stereocenters. The molecule has 0 rings (SSSR count). The van der Waals surface area contributed by atoms with E-state index in [-0.39, 0.29) is 114 Å². The normalized spacial score (nSPS) is 11.2. The van der Waals surface area contributed by atoms with Crippen LogP contribution in [-0.4, -0.2) is 37.4 Å². The molecular formula is C26H54K2O6S2. The second-order valence-corrected chi connectivity index (χ2v) is 12.6. The van der Waals surface area contributed by atoms with Crippen molar-refractivity contribution in [2.24, 2.45) is 0 Å². The molecule has 0 saturated heterocycles. The van der Waals surface area contributed by atoms with Crippen molar-refractivity contribution in [2.75, 3.05) is 11.5 Å². The minimum atomic E-state index is -3.99. The third-order valence-corrected chi connectivity index (χ3v) is 7.57. The number of hydrogen-bond donors (Lipinski definition) is 0. The molecule has 0 atom stereocenters. The van der Waals surface area contributed by atoms with Crippen LogP contribution in [0.5, 0.6) is 0 Å². The average molecular weight is 605 g/mol. The summed E-state index contributed by atoms with van der Waals surface area (Å²) in [4.78, 5) is 0. The zero-order valence-corrected chi connectivity index (χ0v) is 32.1. The van der Waals surface area contributed by atoms with E-state index in [1.165, 1.54) is 103 Å². The van der Waals surface area contributed by atoms with Crippen molar-refractivity contribution in [1.29, 1.82) is 0 Å². The number of rotatable bonds is 24. The Bertz CT molecular complexity index is 614. The van der Waals surface area contributed by atoms with Gasteiger partial charge in [0.05, 0.1) is 20.2 Å². The molecule has 0 aromatic heterocycles. The van der Waals surface area contributed by atoms with Gasteiger partial charge in [-0.2, -0.15) is 0 Å². The molecule has 208 valence electrons. The van der Waals surface area contributed by atoms with Crippen LogP contribution in [-0.2, 0) is 20.2 Å². The van der Waals surface area contributed by atoms with Crippen molar-refractivity contribution < 1.29 is 129 Å². The molecule has 36 heavy (non-hydrogen) atoms. The van der Waals surface area contributed by atoms with E-state index in [0.717, 1.165) is 25.7 Å². The van der Waals surface area contributed by atoms with E-state index in [1.54, 1.807) is 0 Å². The molecule has 0 heterocycles. The van der Waals surface area contributed by atoms with E-state index in [1.807, 2.05) is 0 Å². The molecule has 0 radical (unpaired) electrons. The fourth-order valence-electron chi connectivity index (χ4n) is 3.89. The Kier molecular flexibility index (Phi) is 43.9. The fourth-order valence-corrected chi connectivity index (χ4v) is 5.00. The van der Waals surface area contributed by atoms with E-state index in [0.29, 0.717) is 12.8 Å². The van der Waals surface area contributed by atoms with Crippen molar-refractivity contribution in [2.45, 2.75) is 155 Å². The molecule has 0 aliphatic carbocycles. The summed E-state index contributed by atoms with van der Waals surface area (Å²) < 4.78 is 62.0. The first-order valence-electron chi connectivity index (χ1n) is 14.0. The predicted molar refractivity (Wildman–Crippen MR) is 142 cm³/mol. The summed E-state index contributed by atoms with van der Waals surface area (Å²) in [6.07, 6.45) is 25.7. The van der Waals surface area contributed by atoms with Crippen LogP contribution in [0.25, 0.3) is 0 Å². The van der Waals surface area contributed by atoms with Crippen LogP contribution in [0.15, 0.2) is 0 Å². The number of unbranched alkanes of at least 4 members (excludes halogenated alkanes) is 20. The average Bonchev–Trinajstić information content (AvgIpc) is 2.75. The van der Waals surface area contributed by atoms with Gasteiger partial charge < -0.3 is 9.11 Å². The quantitative estimate of drug-likeness (QED) is 0.0941. The maximum absolute atomic E-state index is 10.4. The Balaban J connectivity index is -0.000000271. The number of hydrogen-bond acceptors (Lipinski definition) is 6. The third kappa shape index (κ3) is 50.0. The topological polar surface area (TPSA) is 114 Å². The summed E-state index contributed by atoms with van der Waals surface area (Å²) in [6, 6.07) is 0. The first kappa shape index (κ1) is 46.1. The molecule has 0 amide bonds. The zero-order chi connectivity index (χ0) is 26.0. The molecule has 6 nitrogen and oxygen atoms in total. The van der Waals surface area contributed by atoms with Crippen molar-refractivity contribution in [3.63, 3.8) is 0 Å². The Morgan fingerprint density at radius 2 is 0.528 bits per heavy atom. The first-order chi connectivity index (χ1) is 16.1. The molecule has 10 heteroatoms. The first-order valence-corrected chi connectivity index (χ1v) is 17.1. The minimum Gasteiger partial charge on any atom is -0.748 e. The summed E-state index contributed by atoms with van der Waals surface area (Å²) in [7, 11) is -7.97. The summed E-state index contributed by atoms with van der Waals surface area (Å²) >= 11 is 0. The second-order valence-electron chi connectivity index (χ2n) is 9.59. The fraction of sp³-hybridized carbons (Fsp3) is 1.00. The van der Waals surface area contributed by atoms with Crippen LogP contribution in [0.4, 0.5) is 0 Å². The minimum absolute atomic E-state index is 0. The van der Waals surface area contributed by atoms with Crippen molar-refractivity contribution >= 4 is 20.2 Å². The maximum Gasteiger partial charge on any atom is 1.00 e. The van der Waals surface area contributed by atoms with E-state index >= 15 is 0 Å². The van der Waals surface area contributed by atoms with Crippen LogP contribution < -0.4 is 103 Å². The zero-order valence-electron chi connectivity index (χ0n) is 24.2. The van der Waals surface area contributed by atoms with Gasteiger partial charge in [-0.15, -0.1) is 0 Å². The Morgan fingerprint density at radius 1 is 0.361 bits per heavy atom. The molecule has 0 spiro atoms. The molecule has 0 saturated carbocycles. The van der Waals surface area contributed by atoms with Gasteiger partial charge in [0, 0.05) is 11.5 Å². The SMILES string of the molecule is CCCCCCCCCCCCCCS(=O)(=O)[O-].CCCCCCCCCCCCS(=O)(=O)[O-].[K+].[K+]. The molecule has 0 fully saturated rings. The molecule has 0 aliphatic heterocycles. The molecule has 0 bridgehead atoms. The van der Waals surface area contributed by atoms with Crippen molar-refractivity contribution in [3.05, 3.63) is 0 Å². The molecule has 0 aliphatic rings. The Morgan fingerprint density at radius 3 is 0.694 bits per heavy atom. The van der Waals surface area contributed by atoms with Crippen LogP contribution in [0.2, 0.25) is 0 Å². The van der Waals surface area contributed by atoms with Crippen molar-refractivity contribution in [3.8, 4) is 0 Å². The predicted octanol–water partition coefficient (Wildman–Crippen LogP) is 1.69. The Hall–Kier alpha value is 3.09. The van der Waals surface area contributed by atoms with Gasteiger partial charge in [0.2, 0.25) is 0 Å². The summed E-state index contributed by atoms with van der Waals surface area (Å²) in [5.74, 6) is -0.381. The molecule has 0 aromatic carbocycles. The van der Waals surface area contributed by atoms with Gasteiger partial charge in [0.15, 0.2) is 0 Å². The van der Waals surface area contributed by atoms with Gasteiger partial charge in [-0.1, -0.05) is 142 Å². The van der Waals surface area contributed by atoms with E-state index < -0.39 is 20.2 Å². The van der Waals surface area contributed by atoms with Gasteiger partial charge in [-0.3, -0.25) is 0 Å². The van der Waals surface area contributed by atoms with E-state index in [2.05, 4.69) is 13.8 Å². The Labute approximate surface area is 310 Å². The van der Waals surface area contributed by atoms with Crippen LogP contribution in [0.3, 0.4) is 0 Å². The van der Waals surface area contributed by atoms with Gasteiger partial charge in [0.1, 0.15) is 0 Å². The van der Waals surface area contributed by atoms with Crippen LogP contribution >= 0.6 is 0 Å². The van der Waals surface area contributed by atoms with Gasteiger partial charge in [-0.05, 0) is 12.8 Å². The van der Waals surface area contributed by atoms with Crippen molar-refractivity contribution in [1.82, 2.24) is 0 Å². The molecule has 0 aromatic rings. The van der Waals surface area contributed by atoms with Gasteiger partial charge in [-0.25, -0.2) is 16.8 Å². The van der Waals surface area contributed by atoms with E-state index in [4.69, 9.17) is 0 Å².